The summed E-state index contributed by atoms with van der Waals surface area (Å²) in [5.74, 6) is -0.101. The van der Waals surface area contributed by atoms with Crippen molar-refractivity contribution >= 4 is 16.9 Å². The molecule has 0 radical (unpaired) electrons. The molecule has 3 N–H and O–H groups in total. The van der Waals surface area contributed by atoms with Gasteiger partial charge in [0.05, 0.1) is 5.39 Å². The number of amides is 1. The van der Waals surface area contributed by atoms with Crippen molar-refractivity contribution in [2.24, 2.45) is 7.05 Å². The number of aryl methyl sites for hydroxylation is 2. The van der Waals surface area contributed by atoms with Crippen LogP contribution < -0.4 is 16.4 Å². The minimum atomic E-state index is -0.260. The lowest BCUT2D eigenvalue weighted by molar-refractivity contribution is -0.121. The van der Waals surface area contributed by atoms with E-state index in [0.717, 1.165) is 19.5 Å². The molecule has 8 nitrogen and oxygen atoms in total. The molecule has 1 aliphatic heterocycles. The number of hydrogen-bond acceptors (Lipinski definition) is 4. The van der Waals surface area contributed by atoms with E-state index in [0.29, 0.717) is 28.7 Å². The van der Waals surface area contributed by atoms with Gasteiger partial charge in [-0.25, -0.2) is 0 Å². The van der Waals surface area contributed by atoms with Crippen molar-refractivity contribution in [1.29, 1.82) is 0 Å². The molecule has 4 rings (SSSR count). The number of hydrogen-bond donors (Lipinski definition) is 3. The molecule has 0 saturated heterocycles. The van der Waals surface area contributed by atoms with Crippen LogP contribution in [0.4, 0.5) is 0 Å². The van der Waals surface area contributed by atoms with Crippen molar-refractivity contribution in [3.8, 4) is 0 Å². The molecule has 32 heavy (non-hydrogen) atoms. The van der Waals surface area contributed by atoms with Crippen LogP contribution in [0.3, 0.4) is 0 Å². The molecule has 0 fully saturated rings. The van der Waals surface area contributed by atoms with E-state index in [1.54, 1.807) is 14.0 Å². The van der Waals surface area contributed by atoms with Gasteiger partial charge in [-0.2, -0.15) is 0 Å². The fourth-order valence-corrected chi connectivity index (χ4v) is 4.60. The maximum Gasteiger partial charge on any atom is 0.273 e. The van der Waals surface area contributed by atoms with E-state index in [9.17, 15) is 14.4 Å². The number of rotatable bonds is 6. The Morgan fingerprint density at radius 2 is 1.88 bits per heavy atom. The van der Waals surface area contributed by atoms with Gasteiger partial charge in [-0.15, -0.1) is 0 Å². The zero-order valence-corrected chi connectivity index (χ0v) is 19.2. The monoisotopic (exact) mass is 437 g/mol. The first-order valence-electron chi connectivity index (χ1n) is 11.1. The second-order valence-electron chi connectivity index (χ2n) is 9.31. The lowest BCUT2D eigenvalue weighted by Gasteiger charge is -2.41. The molecule has 3 heterocycles. The topological polar surface area (TPSA) is 103 Å². The number of H-pyrrole nitrogens is 2. The third kappa shape index (κ3) is 4.14. The number of aromatic nitrogens is 3. The number of aromatic amines is 2. The van der Waals surface area contributed by atoms with Crippen LogP contribution in [0.25, 0.3) is 11.0 Å². The third-order valence-corrected chi connectivity index (χ3v) is 6.71. The predicted octanol–water partition coefficient (Wildman–Crippen LogP) is 1.75. The second kappa shape index (κ2) is 8.43. The van der Waals surface area contributed by atoms with Crippen molar-refractivity contribution in [1.82, 2.24) is 25.0 Å². The second-order valence-corrected chi connectivity index (χ2v) is 9.31. The fraction of sp³-hybridized carbons (Fsp3) is 0.458. The zero-order valence-electron chi connectivity index (χ0n) is 19.2. The van der Waals surface area contributed by atoms with Gasteiger partial charge in [0.25, 0.3) is 11.1 Å². The molecule has 8 heteroatoms. The largest absolute Gasteiger partial charge is 0.354 e. The van der Waals surface area contributed by atoms with Gasteiger partial charge >= 0.3 is 0 Å². The highest BCUT2D eigenvalue weighted by Gasteiger charge is 2.30. The third-order valence-electron chi connectivity index (χ3n) is 6.71. The van der Waals surface area contributed by atoms with Crippen molar-refractivity contribution in [3.63, 3.8) is 0 Å². The highest BCUT2D eigenvalue weighted by Crippen LogP contribution is 2.25. The molecule has 0 spiro atoms. The Balaban J connectivity index is 1.38. The van der Waals surface area contributed by atoms with E-state index < -0.39 is 0 Å². The number of nitrogens with one attached hydrogen (secondary N) is 3. The minimum absolute atomic E-state index is 0.101. The van der Waals surface area contributed by atoms with Gasteiger partial charge < -0.3 is 10.3 Å². The Labute approximate surface area is 186 Å². The summed E-state index contributed by atoms with van der Waals surface area (Å²) in [6.07, 6.45) is 1.49. The summed E-state index contributed by atoms with van der Waals surface area (Å²) in [5, 5.41) is 6.16. The standard InChI is InChI=1S/C24H31N5O3/c1-15-18(22(31)26-21-20(15)23(32)27-28(21)4)9-10-19(30)25-14-24(2,3)29-12-11-16-7-5-6-8-17(16)13-29/h5-8H,9-14H2,1-4H3,(H,25,30)(H,26,31)(H,27,32). The lowest BCUT2D eigenvalue weighted by Crippen LogP contribution is -2.53. The fourth-order valence-electron chi connectivity index (χ4n) is 4.60. The van der Waals surface area contributed by atoms with Crippen molar-refractivity contribution in [3.05, 3.63) is 67.2 Å². The number of carbonyl (C=O) groups excluding carboxylic acids is 1. The van der Waals surface area contributed by atoms with Crippen LogP contribution in [-0.4, -0.2) is 44.2 Å². The van der Waals surface area contributed by atoms with Crippen molar-refractivity contribution < 1.29 is 4.79 Å². The van der Waals surface area contributed by atoms with Gasteiger partial charge in [-0.1, -0.05) is 24.3 Å². The molecule has 0 bridgehead atoms. The summed E-state index contributed by atoms with van der Waals surface area (Å²) in [5.41, 5.74) is 3.64. The molecule has 0 aliphatic carbocycles. The first-order valence-corrected chi connectivity index (χ1v) is 11.1. The summed E-state index contributed by atoms with van der Waals surface area (Å²) >= 11 is 0. The normalized spacial score (nSPS) is 14.5. The molecule has 1 aromatic carbocycles. The van der Waals surface area contributed by atoms with Crippen LogP contribution >= 0.6 is 0 Å². The minimum Gasteiger partial charge on any atom is -0.354 e. The first kappa shape index (κ1) is 22.1. The van der Waals surface area contributed by atoms with Gasteiger partial charge in [0, 0.05) is 44.2 Å². The number of pyridine rings is 1. The van der Waals surface area contributed by atoms with E-state index >= 15 is 0 Å². The van der Waals surface area contributed by atoms with Crippen LogP contribution in [0.1, 0.15) is 42.5 Å². The number of benzene rings is 1. The number of nitrogens with zero attached hydrogens (tertiary/aromatic N) is 2. The average Bonchev–Trinajstić information content (AvgIpc) is 3.04. The molecule has 0 atom stereocenters. The molecule has 0 unspecified atom stereocenters. The van der Waals surface area contributed by atoms with Gasteiger partial charge in [-0.05, 0) is 50.3 Å². The van der Waals surface area contributed by atoms with E-state index in [1.807, 2.05) is 0 Å². The smallest absolute Gasteiger partial charge is 0.273 e. The van der Waals surface area contributed by atoms with E-state index in [2.05, 4.69) is 58.4 Å². The predicted molar refractivity (Wildman–Crippen MR) is 125 cm³/mol. The Kier molecular flexibility index (Phi) is 5.81. The Morgan fingerprint density at radius 3 is 2.62 bits per heavy atom. The van der Waals surface area contributed by atoms with E-state index in [1.165, 1.54) is 15.8 Å². The summed E-state index contributed by atoms with van der Waals surface area (Å²) in [7, 11) is 1.68. The highest BCUT2D eigenvalue weighted by molar-refractivity contribution is 5.80. The first-order chi connectivity index (χ1) is 15.2. The summed E-state index contributed by atoms with van der Waals surface area (Å²) < 4.78 is 1.50. The van der Waals surface area contributed by atoms with Gasteiger partial charge in [0.1, 0.15) is 5.65 Å². The van der Waals surface area contributed by atoms with Crippen LogP contribution in [0.5, 0.6) is 0 Å². The van der Waals surface area contributed by atoms with Crippen LogP contribution in [0, 0.1) is 6.92 Å². The molecule has 1 amide bonds. The van der Waals surface area contributed by atoms with Crippen molar-refractivity contribution in [2.75, 3.05) is 13.1 Å². The summed E-state index contributed by atoms with van der Waals surface area (Å²) in [6, 6.07) is 8.51. The lowest BCUT2D eigenvalue weighted by atomic mass is 9.94. The highest BCUT2D eigenvalue weighted by atomic mass is 16.2. The van der Waals surface area contributed by atoms with E-state index in [4.69, 9.17) is 0 Å². The van der Waals surface area contributed by atoms with Crippen LogP contribution in [0.2, 0.25) is 0 Å². The maximum absolute atomic E-state index is 12.6. The Hall–Kier alpha value is -3.13. The maximum atomic E-state index is 12.6. The quantitative estimate of drug-likeness (QED) is 0.547. The van der Waals surface area contributed by atoms with Crippen molar-refractivity contribution in [2.45, 2.75) is 52.1 Å². The SMILES string of the molecule is Cc1c(CCC(=O)NCC(C)(C)N2CCc3ccccc3C2)c(=O)[nH]c2c1c(=O)[nH]n2C. The molecular formula is C24H31N5O3. The number of carbonyl (C=O) groups is 1. The van der Waals surface area contributed by atoms with Crippen LogP contribution in [0.15, 0.2) is 33.9 Å². The summed E-state index contributed by atoms with van der Waals surface area (Å²) in [4.78, 5) is 42.5. The molecule has 3 aromatic rings. The molecule has 170 valence electrons. The van der Waals surface area contributed by atoms with Crippen LogP contribution in [-0.2, 0) is 31.2 Å². The zero-order chi connectivity index (χ0) is 23.0. The Bertz CT molecular complexity index is 1280. The molecule has 1 aliphatic rings. The molecule has 2 aromatic heterocycles. The molecular weight excluding hydrogens is 406 g/mol. The number of fused-ring (bicyclic) bond motifs is 2. The van der Waals surface area contributed by atoms with Gasteiger partial charge in [0.2, 0.25) is 5.91 Å². The average molecular weight is 438 g/mol. The van der Waals surface area contributed by atoms with Gasteiger partial charge in [0.15, 0.2) is 0 Å². The Morgan fingerprint density at radius 1 is 1.16 bits per heavy atom. The summed E-state index contributed by atoms with van der Waals surface area (Å²) in [6.45, 7) is 8.41. The van der Waals surface area contributed by atoms with E-state index in [-0.39, 0.29) is 35.4 Å². The van der Waals surface area contributed by atoms with Gasteiger partial charge in [-0.3, -0.25) is 29.1 Å². The molecule has 0 saturated carbocycles.